The minimum Gasteiger partial charge on any atom is -0.321 e. The van der Waals surface area contributed by atoms with Crippen molar-refractivity contribution in [3.05, 3.63) is 45.7 Å². The normalized spacial score (nSPS) is 12.5. The van der Waals surface area contributed by atoms with E-state index in [1.54, 1.807) is 19.1 Å². The Morgan fingerprint density at radius 3 is 2.32 bits per heavy atom. The molecule has 2 heterocycles. The van der Waals surface area contributed by atoms with E-state index in [4.69, 9.17) is 4.98 Å². The van der Waals surface area contributed by atoms with E-state index >= 15 is 0 Å². The third-order valence-corrected chi connectivity index (χ3v) is 8.19. The zero-order chi connectivity index (χ0) is 23.3. The molecule has 0 aliphatic heterocycles. The van der Waals surface area contributed by atoms with Crippen molar-refractivity contribution in [3.8, 4) is 0 Å². The van der Waals surface area contributed by atoms with Gasteiger partial charge in [-0.05, 0) is 44.0 Å². The second-order valence-electron chi connectivity index (χ2n) is 8.84. The maximum absolute atomic E-state index is 13.1. The Balaban J connectivity index is 2.01. The van der Waals surface area contributed by atoms with E-state index in [0.717, 1.165) is 31.6 Å². The van der Waals surface area contributed by atoms with Gasteiger partial charge in [-0.1, -0.05) is 26.8 Å². The van der Waals surface area contributed by atoms with E-state index in [1.807, 2.05) is 13.8 Å². The first kappa shape index (κ1) is 23.3. The number of nitrogens with one attached hydrogen (secondary N) is 1. The van der Waals surface area contributed by atoms with Crippen molar-refractivity contribution in [2.75, 3.05) is 19.4 Å². The predicted molar refractivity (Wildman–Crippen MR) is 126 cm³/mol. The van der Waals surface area contributed by atoms with E-state index in [0.29, 0.717) is 16.1 Å². The molecule has 9 heteroatoms. The van der Waals surface area contributed by atoms with Crippen LogP contribution in [-0.4, -0.2) is 42.7 Å². The molecule has 2 aromatic heterocycles. The number of fused-ring (bicyclic) bond motifs is 1. The van der Waals surface area contributed by atoms with Gasteiger partial charge in [-0.3, -0.25) is 4.79 Å². The number of sulfonamides is 1. The Morgan fingerprint density at radius 2 is 1.74 bits per heavy atom. The van der Waals surface area contributed by atoms with Crippen molar-refractivity contribution in [1.82, 2.24) is 14.3 Å². The fourth-order valence-electron chi connectivity index (χ4n) is 3.23. The third-order valence-electron chi connectivity index (χ3n) is 5.05. The van der Waals surface area contributed by atoms with Crippen LogP contribution < -0.4 is 5.32 Å². The number of rotatable bonds is 4. The monoisotopic (exact) mass is 460 g/mol. The number of benzene rings is 1. The SMILES string of the molecule is Cc1ccc(NC(=O)c2sc3nc(C(C)(C)C)nc(C)c3c2C)cc1S(=O)(=O)N(C)C. The fraction of sp³-hybridized carbons (Fsp3) is 0.409. The third kappa shape index (κ3) is 4.35. The fourth-order valence-corrected chi connectivity index (χ4v) is 5.50. The summed E-state index contributed by atoms with van der Waals surface area (Å²) in [5.74, 6) is 0.442. The van der Waals surface area contributed by atoms with Crippen molar-refractivity contribution < 1.29 is 13.2 Å². The van der Waals surface area contributed by atoms with Gasteiger partial charge >= 0.3 is 0 Å². The Morgan fingerprint density at radius 1 is 1.10 bits per heavy atom. The lowest BCUT2D eigenvalue weighted by Crippen LogP contribution is -2.23. The molecule has 7 nitrogen and oxygen atoms in total. The lowest BCUT2D eigenvalue weighted by Gasteiger charge is -2.16. The topological polar surface area (TPSA) is 92.3 Å². The number of hydrogen-bond acceptors (Lipinski definition) is 6. The van der Waals surface area contributed by atoms with Crippen LogP contribution in [-0.2, 0) is 15.4 Å². The zero-order valence-corrected chi connectivity index (χ0v) is 20.7. The van der Waals surface area contributed by atoms with Crippen LogP contribution in [0.4, 0.5) is 5.69 Å². The van der Waals surface area contributed by atoms with Crippen LogP contribution in [0.1, 0.15) is 53.1 Å². The second-order valence-corrected chi connectivity index (χ2v) is 12.0. The van der Waals surface area contributed by atoms with E-state index in [9.17, 15) is 13.2 Å². The number of anilines is 1. The van der Waals surface area contributed by atoms with Gasteiger partial charge in [-0.25, -0.2) is 22.7 Å². The number of carbonyl (C=O) groups is 1. The van der Waals surface area contributed by atoms with Gasteiger partial charge in [-0.15, -0.1) is 11.3 Å². The molecule has 0 spiro atoms. The highest BCUT2D eigenvalue weighted by Gasteiger charge is 2.24. The van der Waals surface area contributed by atoms with Crippen molar-refractivity contribution in [2.24, 2.45) is 0 Å². The minimum atomic E-state index is -3.62. The first-order valence-electron chi connectivity index (χ1n) is 9.86. The lowest BCUT2D eigenvalue weighted by atomic mass is 9.95. The Labute approximate surface area is 187 Å². The number of nitrogens with zero attached hydrogens (tertiary/aromatic N) is 3. The Kier molecular flexibility index (Phi) is 5.98. The quantitative estimate of drug-likeness (QED) is 0.622. The van der Waals surface area contributed by atoms with Gasteiger partial charge in [-0.2, -0.15) is 0 Å². The summed E-state index contributed by atoms with van der Waals surface area (Å²) >= 11 is 1.32. The molecule has 0 bridgehead atoms. The van der Waals surface area contributed by atoms with Gasteiger partial charge in [0, 0.05) is 30.6 Å². The van der Waals surface area contributed by atoms with E-state index in [2.05, 4.69) is 31.1 Å². The highest BCUT2D eigenvalue weighted by Crippen LogP contribution is 2.34. The van der Waals surface area contributed by atoms with Crippen molar-refractivity contribution in [2.45, 2.75) is 51.9 Å². The number of carbonyl (C=O) groups excluding carboxylic acids is 1. The Bertz CT molecular complexity index is 1290. The molecular weight excluding hydrogens is 432 g/mol. The molecule has 0 saturated carbocycles. The van der Waals surface area contributed by atoms with E-state index in [1.165, 1.54) is 31.5 Å². The first-order chi connectivity index (χ1) is 14.2. The van der Waals surface area contributed by atoms with Gasteiger partial charge in [0.2, 0.25) is 10.0 Å². The molecule has 0 aliphatic carbocycles. The minimum absolute atomic E-state index is 0.167. The average Bonchev–Trinajstić information content (AvgIpc) is 2.99. The summed E-state index contributed by atoms with van der Waals surface area (Å²) in [4.78, 5) is 23.9. The molecule has 166 valence electrons. The molecule has 0 aliphatic rings. The van der Waals surface area contributed by atoms with Crippen LogP contribution in [0.3, 0.4) is 0 Å². The maximum Gasteiger partial charge on any atom is 0.266 e. The summed E-state index contributed by atoms with van der Waals surface area (Å²) in [5.41, 5.74) is 2.51. The molecule has 0 radical (unpaired) electrons. The van der Waals surface area contributed by atoms with Crippen LogP contribution in [0.25, 0.3) is 10.2 Å². The highest BCUT2D eigenvalue weighted by atomic mass is 32.2. The molecule has 31 heavy (non-hydrogen) atoms. The van der Waals surface area contributed by atoms with E-state index < -0.39 is 10.0 Å². The van der Waals surface area contributed by atoms with Crippen molar-refractivity contribution in [1.29, 1.82) is 0 Å². The number of aryl methyl sites for hydroxylation is 3. The van der Waals surface area contributed by atoms with Gasteiger partial charge in [0.25, 0.3) is 5.91 Å². The average molecular weight is 461 g/mol. The summed E-state index contributed by atoms with van der Waals surface area (Å²) < 4.78 is 26.3. The predicted octanol–water partition coefficient (Wildman–Crippen LogP) is 4.42. The van der Waals surface area contributed by atoms with Gasteiger partial charge in [0.15, 0.2) is 0 Å². The molecular formula is C22H28N4O3S2. The van der Waals surface area contributed by atoms with Crippen molar-refractivity contribution in [3.63, 3.8) is 0 Å². The molecule has 0 unspecified atom stereocenters. The second kappa shape index (κ2) is 7.96. The summed E-state index contributed by atoms with van der Waals surface area (Å²) in [5, 5.41) is 3.73. The summed E-state index contributed by atoms with van der Waals surface area (Å²) in [6.45, 7) is 11.7. The Hall–Kier alpha value is -2.36. The lowest BCUT2D eigenvalue weighted by molar-refractivity contribution is 0.103. The molecule has 0 atom stereocenters. The summed E-state index contributed by atoms with van der Waals surface area (Å²) in [6, 6.07) is 4.89. The molecule has 3 rings (SSSR count). The molecule has 3 aromatic rings. The molecule has 1 amide bonds. The van der Waals surface area contributed by atoms with Gasteiger partial charge in [0.05, 0.1) is 15.5 Å². The number of amides is 1. The molecule has 1 N–H and O–H groups in total. The van der Waals surface area contributed by atoms with Crippen LogP contribution >= 0.6 is 11.3 Å². The summed E-state index contributed by atoms with van der Waals surface area (Å²) in [7, 11) is -0.653. The van der Waals surface area contributed by atoms with E-state index in [-0.39, 0.29) is 16.2 Å². The number of aromatic nitrogens is 2. The first-order valence-corrected chi connectivity index (χ1v) is 12.1. The van der Waals surface area contributed by atoms with Crippen LogP contribution in [0.15, 0.2) is 23.1 Å². The largest absolute Gasteiger partial charge is 0.321 e. The van der Waals surface area contributed by atoms with Gasteiger partial charge in [0.1, 0.15) is 10.7 Å². The van der Waals surface area contributed by atoms with Crippen LogP contribution in [0, 0.1) is 20.8 Å². The zero-order valence-electron chi connectivity index (χ0n) is 19.1. The number of hydrogen-bond donors (Lipinski definition) is 1. The van der Waals surface area contributed by atoms with Gasteiger partial charge < -0.3 is 5.32 Å². The maximum atomic E-state index is 13.1. The standard InChI is InChI=1S/C22H28N4O3S2/c1-12-9-10-15(11-16(12)31(28,29)26(7)8)24-19(27)18-13(2)17-14(3)23-21(22(4,5)6)25-20(17)30-18/h9-11H,1-8H3,(H,24,27). The smallest absolute Gasteiger partial charge is 0.266 e. The van der Waals surface area contributed by atoms with Crippen molar-refractivity contribution >= 4 is 43.2 Å². The summed E-state index contributed by atoms with van der Waals surface area (Å²) in [6.07, 6.45) is 0. The molecule has 1 aromatic carbocycles. The van der Waals surface area contributed by atoms with Crippen LogP contribution in [0.2, 0.25) is 0 Å². The van der Waals surface area contributed by atoms with Crippen LogP contribution in [0.5, 0.6) is 0 Å². The highest BCUT2D eigenvalue weighted by molar-refractivity contribution is 7.89. The molecule has 0 saturated heterocycles. The number of thiophene rings is 1. The molecule has 0 fully saturated rings.